The van der Waals surface area contributed by atoms with Gasteiger partial charge in [-0.05, 0) is 24.6 Å². The predicted molar refractivity (Wildman–Crippen MR) is 70.7 cm³/mol. The van der Waals surface area contributed by atoms with Gasteiger partial charge in [0.1, 0.15) is 0 Å². The van der Waals surface area contributed by atoms with Crippen molar-refractivity contribution in [2.45, 2.75) is 18.9 Å². The number of carboxylic acids is 1. The second kappa shape index (κ2) is 5.39. The Labute approximate surface area is 113 Å². The molecule has 0 radical (unpaired) electrons. The largest absolute Gasteiger partial charge is 0.481 e. The zero-order valence-electron chi connectivity index (χ0n) is 9.60. The third kappa shape index (κ3) is 2.81. The van der Waals surface area contributed by atoms with Gasteiger partial charge in [0.25, 0.3) is 0 Å². The Bertz CT molecular complexity index is 478. The minimum absolute atomic E-state index is 0.0597. The average Bonchev–Trinajstić information content (AvgIpc) is 2.68. The summed E-state index contributed by atoms with van der Waals surface area (Å²) in [6.07, 6.45) is 0.505. The average molecular weight is 313 g/mol. The van der Waals surface area contributed by atoms with E-state index in [4.69, 9.17) is 5.11 Å². The van der Waals surface area contributed by atoms with Crippen molar-refractivity contribution in [3.05, 3.63) is 28.7 Å². The summed E-state index contributed by atoms with van der Waals surface area (Å²) in [5, 5.41) is 11.4. The third-order valence-corrected chi connectivity index (χ3v) is 3.34. The Kier molecular flexibility index (Phi) is 3.86. The number of anilines is 1. The zero-order valence-corrected chi connectivity index (χ0v) is 11.2. The van der Waals surface area contributed by atoms with E-state index in [2.05, 4.69) is 21.2 Å². The van der Waals surface area contributed by atoms with E-state index in [-0.39, 0.29) is 18.5 Å². The first-order valence-electron chi connectivity index (χ1n) is 5.62. The van der Waals surface area contributed by atoms with Crippen LogP contribution in [0.5, 0.6) is 0 Å². The number of benzene rings is 1. The van der Waals surface area contributed by atoms with E-state index >= 15 is 0 Å². The maximum Gasteiger partial charge on any atom is 0.322 e. The number of halogens is 1. The van der Waals surface area contributed by atoms with E-state index in [9.17, 15) is 9.59 Å². The fourth-order valence-corrected chi connectivity index (χ4v) is 2.41. The van der Waals surface area contributed by atoms with Crippen LogP contribution in [0, 0.1) is 0 Å². The molecule has 1 aromatic rings. The lowest BCUT2D eigenvalue weighted by atomic mass is 10.1. The van der Waals surface area contributed by atoms with Crippen LogP contribution in [-0.4, -0.2) is 29.7 Å². The standard InChI is InChI=1S/C12H13BrN2O3/c13-8-2-1-3-9(6-8)15-10(4-5-11(16)17)7-14-12(15)18/h1-3,6,10H,4-5,7H2,(H,14,18)(H,16,17). The summed E-state index contributed by atoms with van der Waals surface area (Å²) in [7, 11) is 0. The Morgan fingerprint density at radius 2 is 2.33 bits per heavy atom. The van der Waals surface area contributed by atoms with Gasteiger partial charge in [-0.3, -0.25) is 9.69 Å². The van der Waals surface area contributed by atoms with E-state index in [1.807, 2.05) is 24.3 Å². The van der Waals surface area contributed by atoms with E-state index < -0.39 is 5.97 Å². The van der Waals surface area contributed by atoms with Crippen molar-refractivity contribution in [3.8, 4) is 0 Å². The van der Waals surface area contributed by atoms with Crippen LogP contribution in [0.4, 0.5) is 10.5 Å². The van der Waals surface area contributed by atoms with Crippen LogP contribution in [0.15, 0.2) is 28.7 Å². The summed E-state index contributed by atoms with van der Waals surface area (Å²) in [4.78, 5) is 24.0. The van der Waals surface area contributed by atoms with Crippen molar-refractivity contribution >= 4 is 33.6 Å². The third-order valence-electron chi connectivity index (χ3n) is 2.85. The second-order valence-electron chi connectivity index (χ2n) is 4.12. The van der Waals surface area contributed by atoms with Crippen molar-refractivity contribution in [2.24, 2.45) is 0 Å². The van der Waals surface area contributed by atoms with Crippen LogP contribution in [0.2, 0.25) is 0 Å². The molecule has 18 heavy (non-hydrogen) atoms. The van der Waals surface area contributed by atoms with E-state index in [1.165, 1.54) is 0 Å². The van der Waals surface area contributed by atoms with Crippen molar-refractivity contribution in [1.29, 1.82) is 0 Å². The van der Waals surface area contributed by atoms with Crippen molar-refractivity contribution in [3.63, 3.8) is 0 Å². The van der Waals surface area contributed by atoms with Gasteiger partial charge in [-0.25, -0.2) is 4.79 Å². The minimum atomic E-state index is -0.844. The Balaban J connectivity index is 2.17. The number of nitrogens with one attached hydrogen (secondary N) is 1. The molecule has 1 saturated heterocycles. The summed E-state index contributed by atoms with van der Waals surface area (Å²) >= 11 is 3.36. The number of aliphatic carboxylic acids is 1. The normalized spacial score (nSPS) is 18.8. The van der Waals surface area contributed by atoms with Crippen molar-refractivity contribution in [1.82, 2.24) is 5.32 Å². The summed E-state index contributed by atoms with van der Waals surface area (Å²) < 4.78 is 0.886. The second-order valence-corrected chi connectivity index (χ2v) is 5.04. The molecule has 0 saturated carbocycles. The van der Waals surface area contributed by atoms with Crippen molar-refractivity contribution in [2.75, 3.05) is 11.4 Å². The lowest BCUT2D eigenvalue weighted by Crippen LogP contribution is -2.34. The van der Waals surface area contributed by atoms with Gasteiger partial charge in [-0.1, -0.05) is 22.0 Å². The molecule has 96 valence electrons. The molecule has 0 bridgehead atoms. The molecule has 1 heterocycles. The SMILES string of the molecule is O=C(O)CCC1CNC(=O)N1c1cccc(Br)c1. The van der Waals surface area contributed by atoms with Gasteiger partial charge in [0, 0.05) is 23.1 Å². The van der Waals surface area contributed by atoms with E-state index in [0.717, 1.165) is 10.2 Å². The quantitative estimate of drug-likeness (QED) is 0.895. The fraction of sp³-hybridized carbons (Fsp3) is 0.333. The number of hydrogen-bond donors (Lipinski definition) is 2. The number of urea groups is 1. The molecule has 0 aliphatic carbocycles. The molecule has 2 amide bonds. The first-order chi connectivity index (χ1) is 8.58. The fourth-order valence-electron chi connectivity index (χ4n) is 2.02. The number of hydrogen-bond acceptors (Lipinski definition) is 2. The number of nitrogens with zero attached hydrogens (tertiary/aromatic N) is 1. The molecule has 2 rings (SSSR count). The van der Waals surface area contributed by atoms with Crippen LogP contribution in [0.1, 0.15) is 12.8 Å². The molecule has 1 aromatic carbocycles. The van der Waals surface area contributed by atoms with Gasteiger partial charge in [0.2, 0.25) is 0 Å². The van der Waals surface area contributed by atoms with Crippen molar-refractivity contribution < 1.29 is 14.7 Å². The van der Waals surface area contributed by atoms with E-state index in [1.54, 1.807) is 4.90 Å². The lowest BCUT2D eigenvalue weighted by molar-refractivity contribution is -0.137. The zero-order chi connectivity index (χ0) is 13.1. The van der Waals surface area contributed by atoms with Gasteiger partial charge >= 0.3 is 12.0 Å². The smallest absolute Gasteiger partial charge is 0.322 e. The Morgan fingerprint density at radius 3 is 3.00 bits per heavy atom. The number of carbonyl (C=O) groups excluding carboxylic acids is 1. The van der Waals surface area contributed by atoms with Crippen LogP contribution < -0.4 is 10.2 Å². The van der Waals surface area contributed by atoms with Gasteiger partial charge in [0.05, 0.1) is 6.04 Å². The minimum Gasteiger partial charge on any atom is -0.481 e. The highest BCUT2D eigenvalue weighted by atomic mass is 79.9. The summed E-state index contributed by atoms with van der Waals surface area (Å²) in [6.45, 7) is 0.485. The van der Waals surface area contributed by atoms with Gasteiger partial charge < -0.3 is 10.4 Å². The molecule has 0 spiro atoms. The van der Waals surface area contributed by atoms with Crippen LogP contribution >= 0.6 is 15.9 Å². The summed E-state index contributed by atoms with van der Waals surface area (Å²) in [5.74, 6) is -0.844. The summed E-state index contributed by atoms with van der Waals surface area (Å²) in [6, 6.07) is 7.12. The molecule has 2 N–H and O–H groups in total. The number of carbonyl (C=O) groups is 2. The summed E-state index contributed by atoms with van der Waals surface area (Å²) in [5.41, 5.74) is 0.773. The van der Waals surface area contributed by atoms with Crippen LogP contribution in [0.25, 0.3) is 0 Å². The maximum absolute atomic E-state index is 11.8. The molecular formula is C12H13BrN2O3. The van der Waals surface area contributed by atoms with Gasteiger partial charge in [-0.15, -0.1) is 0 Å². The first kappa shape index (κ1) is 12.9. The number of carboxylic acid groups (broad SMARTS) is 1. The van der Waals surface area contributed by atoms with Crippen LogP contribution in [0.3, 0.4) is 0 Å². The molecule has 1 unspecified atom stereocenters. The Hall–Kier alpha value is -1.56. The highest BCUT2D eigenvalue weighted by Crippen LogP contribution is 2.25. The molecule has 1 aliphatic rings. The van der Waals surface area contributed by atoms with Gasteiger partial charge in [0.15, 0.2) is 0 Å². The van der Waals surface area contributed by atoms with Crippen LogP contribution in [-0.2, 0) is 4.79 Å². The molecular weight excluding hydrogens is 300 g/mol. The molecule has 5 nitrogen and oxygen atoms in total. The first-order valence-corrected chi connectivity index (χ1v) is 6.41. The topological polar surface area (TPSA) is 69.6 Å². The highest BCUT2D eigenvalue weighted by Gasteiger charge is 2.31. The monoisotopic (exact) mass is 312 g/mol. The number of rotatable bonds is 4. The molecule has 1 atom stereocenters. The molecule has 1 aliphatic heterocycles. The van der Waals surface area contributed by atoms with E-state index in [0.29, 0.717) is 13.0 Å². The molecule has 0 aromatic heterocycles. The highest BCUT2D eigenvalue weighted by molar-refractivity contribution is 9.10. The van der Waals surface area contributed by atoms with Gasteiger partial charge in [-0.2, -0.15) is 0 Å². The Morgan fingerprint density at radius 1 is 1.56 bits per heavy atom. The molecule has 1 fully saturated rings. The number of amides is 2. The molecule has 6 heteroatoms. The lowest BCUT2D eigenvalue weighted by Gasteiger charge is -2.22. The predicted octanol–water partition coefficient (Wildman–Crippen LogP) is 2.21. The maximum atomic E-state index is 11.8.